The van der Waals surface area contributed by atoms with Gasteiger partial charge >= 0.3 is 5.97 Å². The molecular formula is C18H14N2O6S2. The Morgan fingerprint density at radius 1 is 1.39 bits per heavy atom. The monoisotopic (exact) mass is 418 g/mol. The third kappa shape index (κ3) is 3.69. The molecule has 28 heavy (non-hydrogen) atoms. The summed E-state index contributed by atoms with van der Waals surface area (Å²) in [5, 5.41) is 20.5. The average Bonchev–Trinajstić information content (AvgIpc) is 3.22. The molecule has 144 valence electrons. The fraction of sp³-hybridized carbons (Fsp3) is 0.167. The summed E-state index contributed by atoms with van der Waals surface area (Å²) in [5.41, 5.74) is 0.221. The zero-order chi connectivity index (χ0) is 20.4. The predicted molar refractivity (Wildman–Crippen MR) is 108 cm³/mol. The highest BCUT2D eigenvalue weighted by Gasteiger charge is 2.39. The number of benzene rings is 1. The highest BCUT2D eigenvalue weighted by molar-refractivity contribution is 8.26. The number of carboxylic acid groups (broad SMARTS) is 1. The zero-order valence-electron chi connectivity index (χ0n) is 14.5. The Balaban J connectivity index is 1.90. The number of para-hydroxylation sites is 1. The second-order valence-corrected chi connectivity index (χ2v) is 7.47. The van der Waals surface area contributed by atoms with Crippen molar-refractivity contribution < 1.29 is 24.0 Å². The van der Waals surface area contributed by atoms with Gasteiger partial charge in [0.1, 0.15) is 21.9 Å². The predicted octanol–water partition coefficient (Wildman–Crippen LogP) is 3.92. The number of hydrogen-bond acceptors (Lipinski definition) is 7. The molecule has 1 N–H and O–H groups in total. The first kappa shape index (κ1) is 19.8. The van der Waals surface area contributed by atoms with E-state index in [0.717, 1.165) is 16.7 Å². The summed E-state index contributed by atoms with van der Waals surface area (Å²) >= 11 is 6.15. The van der Waals surface area contributed by atoms with Crippen LogP contribution in [0.1, 0.15) is 19.1 Å². The number of nitro groups is 1. The third-order valence-corrected chi connectivity index (χ3v) is 5.40. The number of carbonyl (C=O) groups excluding carboxylic acids is 1. The summed E-state index contributed by atoms with van der Waals surface area (Å²) < 4.78 is 5.81. The Morgan fingerprint density at radius 3 is 2.75 bits per heavy atom. The lowest BCUT2D eigenvalue weighted by atomic mass is 10.1. The Kier molecular flexibility index (Phi) is 5.61. The van der Waals surface area contributed by atoms with E-state index in [-0.39, 0.29) is 27.1 Å². The maximum Gasteiger partial charge on any atom is 0.326 e. The van der Waals surface area contributed by atoms with Crippen LogP contribution in [-0.2, 0) is 9.59 Å². The van der Waals surface area contributed by atoms with Crippen molar-refractivity contribution in [3.8, 4) is 11.3 Å². The molecule has 1 aromatic carbocycles. The molecule has 10 heteroatoms. The van der Waals surface area contributed by atoms with Crippen LogP contribution in [0.15, 0.2) is 45.7 Å². The molecule has 0 radical (unpaired) electrons. The van der Waals surface area contributed by atoms with Crippen molar-refractivity contribution in [1.82, 2.24) is 4.90 Å². The first-order chi connectivity index (χ1) is 13.3. The van der Waals surface area contributed by atoms with Gasteiger partial charge in [-0.1, -0.05) is 43.0 Å². The minimum absolute atomic E-state index is 0.0954. The Morgan fingerprint density at radius 2 is 2.11 bits per heavy atom. The number of nitrogens with zero attached hydrogens (tertiary/aromatic N) is 2. The van der Waals surface area contributed by atoms with Crippen molar-refractivity contribution in [2.45, 2.75) is 19.4 Å². The molecule has 2 heterocycles. The number of thioether (sulfide) groups is 1. The molecule has 1 aliphatic rings. The van der Waals surface area contributed by atoms with E-state index in [1.807, 2.05) is 0 Å². The molecule has 8 nitrogen and oxygen atoms in total. The van der Waals surface area contributed by atoms with Crippen molar-refractivity contribution >= 4 is 51.9 Å². The van der Waals surface area contributed by atoms with Crippen LogP contribution in [-0.4, -0.2) is 37.2 Å². The summed E-state index contributed by atoms with van der Waals surface area (Å²) in [6.45, 7) is 1.66. The van der Waals surface area contributed by atoms with Gasteiger partial charge in [0.15, 0.2) is 0 Å². The normalized spacial score (nSPS) is 16.6. The van der Waals surface area contributed by atoms with Crippen LogP contribution >= 0.6 is 24.0 Å². The van der Waals surface area contributed by atoms with Gasteiger partial charge in [-0.05, 0) is 24.6 Å². The molecule has 1 atom stereocenters. The lowest BCUT2D eigenvalue weighted by molar-refractivity contribution is -0.384. The molecule has 2 aromatic rings. The molecule has 0 saturated carbocycles. The van der Waals surface area contributed by atoms with Crippen LogP contribution in [0.2, 0.25) is 0 Å². The van der Waals surface area contributed by atoms with Gasteiger partial charge in [0, 0.05) is 12.1 Å². The second kappa shape index (κ2) is 7.95. The smallest absolute Gasteiger partial charge is 0.326 e. The maximum atomic E-state index is 12.6. The summed E-state index contributed by atoms with van der Waals surface area (Å²) in [6.07, 6.45) is 1.67. The Bertz CT molecular complexity index is 1010. The highest BCUT2D eigenvalue weighted by Crippen LogP contribution is 2.36. The van der Waals surface area contributed by atoms with Crippen molar-refractivity contribution in [2.75, 3.05) is 0 Å². The third-order valence-electron chi connectivity index (χ3n) is 4.07. The number of furan rings is 1. The summed E-state index contributed by atoms with van der Waals surface area (Å²) in [6, 6.07) is 8.28. The molecule has 1 fully saturated rings. The van der Waals surface area contributed by atoms with Crippen LogP contribution < -0.4 is 0 Å². The van der Waals surface area contributed by atoms with Gasteiger partial charge in [-0.25, -0.2) is 4.79 Å². The fourth-order valence-corrected chi connectivity index (χ4v) is 4.10. The lowest BCUT2D eigenvalue weighted by Crippen LogP contribution is -2.43. The Labute approximate surface area is 169 Å². The second-order valence-electron chi connectivity index (χ2n) is 5.79. The van der Waals surface area contributed by atoms with Gasteiger partial charge in [0.25, 0.3) is 11.6 Å². The average molecular weight is 418 g/mol. The first-order valence-corrected chi connectivity index (χ1v) is 9.39. The topological polar surface area (TPSA) is 114 Å². The summed E-state index contributed by atoms with van der Waals surface area (Å²) in [4.78, 5) is 36.0. The largest absolute Gasteiger partial charge is 0.480 e. The van der Waals surface area contributed by atoms with E-state index < -0.39 is 22.8 Å². The molecule has 3 rings (SSSR count). The zero-order valence-corrected chi connectivity index (χ0v) is 16.2. The number of thiocarbonyl (C=S) groups is 1. The number of nitro benzene ring substituents is 1. The first-order valence-electron chi connectivity index (χ1n) is 8.17. The van der Waals surface area contributed by atoms with Crippen molar-refractivity contribution in [3.05, 3.63) is 57.2 Å². The number of aliphatic carboxylic acids is 1. The highest BCUT2D eigenvalue weighted by atomic mass is 32.2. The lowest BCUT2D eigenvalue weighted by Gasteiger charge is -2.21. The molecular weight excluding hydrogens is 404 g/mol. The van der Waals surface area contributed by atoms with E-state index in [0.29, 0.717) is 11.3 Å². The molecule has 1 amide bonds. The van der Waals surface area contributed by atoms with Gasteiger partial charge in [0.2, 0.25) is 0 Å². The standard InChI is InChI=1S/C18H14N2O6S2/c1-2-12(17(22)23)19-16(21)15(28-18(19)27)9-10-7-8-14(26-10)11-5-3-4-6-13(11)20(24)25/h3-9,12H,2H2,1H3,(H,22,23)/b15-9+/t12-/m0/s1. The Hall–Kier alpha value is -2.98. The quantitative estimate of drug-likeness (QED) is 0.325. The number of hydrogen-bond donors (Lipinski definition) is 1. The minimum atomic E-state index is -1.13. The van der Waals surface area contributed by atoms with E-state index in [1.54, 1.807) is 37.3 Å². The van der Waals surface area contributed by atoms with E-state index in [1.165, 1.54) is 12.1 Å². The summed E-state index contributed by atoms with van der Waals surface area (Å²) in [7, 11) is 0. The van der Waals surface area contributed by atoms with Gasteiger partial charge < -0.3 is 9.52 Å². The van der Waals surface area contributed by atoms with Gasteiger partial charge in [0.05, 0.1) is 15.4 Å². The molecule has 0 spiro atoms. The van der Waals surface area contributed by atoms with Crippen molar-refractivity contribution in [3.63, 3.8) is 0 Å². The molecule has 0 aliphatic carbocycles. The SMILES string of the molecule is CC[C@@H](C(=O)O)N1C(=O)/C(=C\c2ccc(-c3ccccc3[N+](=O)[O-])o2)SC1=S. The number of carbonyl (C=O) groups is 2. The van der Waals surface area contributed by atoms with E-state index >= 15 is 0 Å². The minimum Gasteiger partial charge on any atom is -0.480 e. The molecule has 0 bridgehead atoms. The van der Waals surface area contributed by atoms with E-state index in [9.17, 15) is 24.8 Å². The van der Waals surface area contributed by atoms with E-state index in [2.05, 4.69) is 0 Å². The number of rotatable bonds is 6. The molecule has 1 aliphatic heterocycles. The molecule has 0 unspecified atom stereocenters. The fourth-order valence-electron chi connectivity index (χ4n) is 2.76. The van der Waals surface area contributed by atoms with Crippen LogP contribution in [0.5, 0.6) is 0 Å². The van der Waals surface area contributed by atoms with Crippen LogP contribution in [0.3, 0.4) is 0 Å². The number of carboxylic acids is 1. The van der Waals surface area contributed by atoms with Gasteiger partial charge in [-0.2, -0.15) is 0 Å². The summed E-state index contributed by atoms with van der Waals surface area (Å²) in [5.74, 6) is -1.05. The molecule has 1 saturated heterocycles. The molecule has 1 aromatic heterocycles. The maximum absolute atomic E-state index is 12.6. The van der Waals surface area contributed by atoms with Gasteiger partial charge in [-0.3, -0.25) is 19.8 Å². The van der Waals surface area contributed by atoms with E-state index in [4.69, 9.17) is 16.6 Å². The number of amides is 1. The van der Waals surface area contributed by atoms with Crippen LogP contribution in [0.4, 0.5) is 5.69 Å². The van der Waals surface area contributed by atoms with Crippen molar-refractivity contribution in [2.24, 2.45) is 0 Å². The van der Waals surface area contributed by atoms with Gasteiger partial charge in [-0.15, -0.1) is 0 Å². The van der Waals surface area contributed by atoms with Crippen LogP contribution in [0.25, 0.3) is 17.4 Å². The van der Waals surface area contributed by atoms with Crippen LogP contribution in [0, 0.1) is 10.1 Å². The van der Waals surface area contributed by atoms with Crippen molar-refractivity contribution in [1.29, 1.82) is 0 Å².